The number of carboxylic acid groups (broad SMARTS) is 1. The van der Waals surface area contributed by atoms with Gasteiger partial charge >= 0.3 is 30.5 Å². The molecule has 0 amide bonds. The van der Waals surface area contributed by atoms with Gasteiger partial charge in [0.25, 0.3) is 5.97 Å². The molecule has 41 valence electrons. The third kappa shape index (κ3) is 5070. The average molecular weight is 139 g/mol. The third-order valence-corrected chi connectivity index (χ3v) is 0. The van der Waals surface area contributed by atoms with E-state index in [-0.39, 0.29) is 4.91 Å². The van der Waals surface area contributed by atoms with Gasteiger partial charge in [-0.3, -0.25) is 4.79 Å². The summed E-state index contributed by atoms with van der Waals surface area (Å²) in [4.78, 5) is 9.25. The Kier molecular flexibility index (Phi) is 13.8. The van der Waals surface area contributed by atoms with E-state index in [2.05, 4.69) is 0 Å². The molecular formula is C3H7O3Ti. The zero-order valence-electron chi connectivity index (χ0n) is 4.01. The van der Waals surface area contributed by atoms with Gasteiger partial charge in [0.1, 0.15) is 0 Å². The van der Waals surface area contributed by atoms with E-state index in [4.69, 9.17) is 15.0 Å². The predicted molar refractivity (Wildman–Crippen MR) is 20.4 cm³/mol. The molecule has 0 unspecified atom stereocenters. The minimum absolute atomic E-state index is 0.250. The van der Waals surface area contributed by atoms with Crippen molar-refractivity contribution in [3.8, 4) is 0 Å². The number of carbonyl (C=O) groups is 1. The summed E-state index contributed by atoms with van der Waals surface area (Å²) in [6.45, 7) is 1.08. The number of aliphatic carboxylic acids is 1. The van der Waals surface area contributed by atoms with Crippen LogP contribution < -0.4 is 0 Å². The van der Waals surface area contributed by atoms with Crippen molar-refractivity contribution < 1.29 is 35.4 Å². The van der Waals surface area contributed by atoms with Crippen molar-refractivity contribution in [3.05, 3.63) is 0 Å². The Labute approximate surface area is 53.8 Å². The molecule has 0 aliphatic heterocycles. The minimum atomic E-state index is -0.833. The zero-order chi connectivity index (χ0) is 6.28. The first-order chi connectivity index (χ1) is 3.15. The van der Waals surface area contributed by atoms with Gasteiger partial charge in [0.15, 0.2) is 0 Å². The van der Waals surface area contributed by atoms with E-state index in [0.29, 0.717) is 0 Å². The quantitative estimate of drug-likeness (QED) is 0.448. The number of aliphatic hydroxyl groups excluding tert-OH is 1. The summed E-state index contributed by atoms with van der Waals surface area (Å²) in [6.07, 6.45) is 0. The Bertz CT molecular complexity index is 41.4. The summed E-state index contributed by atoms with van der Waals surface area (Å²) in [6, 6.07) is 0. The second kappa shape index (κ2) is 9.47. The van der Waals surface area contributed by atoms with Crippen LogP contribution in [0.1, 0.15) is 6.92 Å². The first-order valence-electron chi connectivity index (χ1n) is 1.60. The number of rotatable bonds is 0. The summed E-state index contributed by atoms with van der Waals surface area (Å²) in [5.74, 6) is -0.833. The van der Waals surface area contributed by atoms with Crippen LogP contribution in [0.2, 0.25) is 0 Å². The third-order valence-electron chi connectivity index (χ3n) is 0. The molecule has 4 heteroatoms. The molecule has 0 spiro atoms. The Morgan fingerprint density at radius 2 is 1.86 bits per heavy atom. The second-order valence-electron chi connectivity index (χ2n) is 0.677. The van der Waals surface area contributed by atoms with Crippen LogP contribution in [0.25, 0.3) is 0 Å². The van der Waals surface area contributed by atoms with Crippen molar-refractivity contribution in [2.75, 3.05) is 4.91 Å². The Balaban J connectivity index is 0. The molecular weight excluding hydrogens is 132 g/mol. The molecule has 0 aromatic carbocycles. The average Bonchev–Trinajstić information content (AvgIpc) is 1.33. The molecule has 0 aromatic heterocycles. The van der Waals surface area contributed by atoms with Gasteiger partial charge < -0.3 is 5.11 Å². The van der Waals surface area contributed by atoms with Crippen molar-refractivity contribution >= 4 is 5.97 Å². The number of aliphatic hydroxyl groups is 1. The molecule has 0 fully saturated rings. The molecule has 0 atom stereocenters. The van der Waals surface area contributed by atoms with Crippen LogP contribution in [0.15, 0.2) is 0 Å². The summed E-state index contributed by atoms with van der Waals surface area (Å²) in [5.41, 5.74) is 0. The van der Waals surface area contributed by atoms with Crippen LogP contribution in [-0.4, -0.2) is 21.1 Å². The van der Waals surface area contributed by atoms with Gasteiger partial charge in [-0.2, -0.15) is 0 Å². The first kappa shape index (κ1) is 10.2. The molecule has 0 aliphatic carbocycles. The maximum absolute atomic E-state index is 9.00. The van der Waals surface area contributed by atoms with Crippen molar-refractivity contribution in [2.24, 2.45) is 0 Å². The Morgan fingerprint density at radius 1 is 1.86 bits per heavy atom. The number of hydrogen-bond acceptors (Lipinski definition) is 2. The molecule has 0 heterocycles. The molecule has 2 N–H and O–H groups in total. The van der Waals surface area contributed by atoms with Gasteiger partial charge in [-0.1, -0.05) is 0 Å². The molecule has 7 heavy (non-hydrogen) atoms. The van der Waals surface area contributed by atoms with E-state index < -0.39 is 5.97 Å². The summed E-state index contributed by atoms with van der Waals surface area (Å²) in [7, 11) is 0. The predicted octanol–water partition coefficient (Wildman–Crippen LogP) is -0.426. The van der Waals surface area contributed by atoms with Crippen LogP contribution in [0, 0.1) is 0 Å². The van der Waals surface area contributed by atoms with E-state index in [9.17, 15) is 0 Å². The Morgan fingerprint density at radius 3 is 1.86 bits per heavy atom. The van der Waals surface area contributed by atoms with Gasteiger partial charge in [0.05, 0.1) is 0 Å². The standard InChI is InChI=1S/C2H4O2.CH3O.Ti/c1-2(3)4;1-2;/h1H3,(H,3,4);2H,1H2;. The summed E-state index contributed by atoms with van der Waals surface area (Å²) in [5, 5.41) is 15.0. The van der Waals surface area contributed by atoms with Crippen molar-refractivity contribution in [1.29, 1.82) is 0 Å². The SMILES string of the molecule is CC(=O)O.O[CH2][Ti]. The van der Waals surface area contributed by atoms with E-state index in [1.54, 1.807) is 20.4 Å². The van der Waals surface area contributed by atoms with E-state index in [0.717, 1.165) is 6.92 Å². The fraction of sp³-hybridized carbons (Fsp3) is 0.667. The van der Waals surface area contributed by atoms with Crippen LogP contribution in [0.3, 0.4) is 0 Å². The van der Waals surface area contributed by atoms with Gasteiger partial charge in [0, 0.05) is 6.92 Å². The maximum atomic E-state index is 9.00. The van der Waals surface area contributed by atoms with Crippen LogP contribution in [0.5, 0.6) is 0 Å². The van der Waals surface area contributed by atoms with Gasteiger partial charge in [-0.05, 0) is 0 Å². The molecule has 0 radical (unpaired) electrons. The first-order valence-corrected chi connectivity index (χ1v) is 2.70. The van der Waals surface area contributed by atoms with Crippen molar-refractivity contribution in [3.63, 3.8) is 0 Å². The Hall–Kier alpha value is 0.144. The molecule has 0 bridgehead atoms. The van der Waals surface area contributed by atoms with Crippen molar-refractivity contribution in [1.82, 2.24) is 0 Å². The van der Waals surface area contributed by atoms with Crippen molar-refractivity contribution in [2.45, 2.75) is 6.92 Å². The zero-order valence-corrected chi connectivity index (χ0v) is 5.57. The van der Waals surface area contributed by atoms with E-state index in [1.807, 2.05) is 0 Å². The normalized spacial score (nSPS) is 5.86. The molecule has 0 saturated heterocycles. The van der Waals surface area contributed by atoms with Crippen LogP contribution in [-0.2, 0) is 25.2 Å². The van der Waals surface area contributed by atoms with Crippen LogP contribution >= 0.6 is 0 Å². The molecule has 0 rings (SSSR count). The second-order valence-corrected chi connectivity index (χ2v) is 1.17. The molecule has 0 saturated carbocycles. The summed E-state index contributed by atoms with van der Waals surface area (Å²) >= 11 is 1.68. The van der Waals surface area contributed by atoms with Gasteiger partial charge in [-0.25, -0.2) is 0 Å². The summed E-state index contributed by atoms with van der Waals surface area (Å²) < 4.78 is 0. The monoisotopic (exact) mass is 139 g/mol. The molecule has 3 nitrogen and oxygen atoms in total. The van der Waals surface area contributed by atoms with E-state index in [1.165, 1.54) is 0 Å². The molecule has 0 aromatic rings. The fourth-order valence-corrected chi connectivity index (χ4v) is 0. The number of carboxylic acids is 1. The van der Waals surface area contributed by atoms with Gasteiger partial charge in [-0.15, -0.1) is 0 Å². The van der Waals surface area contributed by atoms with E-state index >= 15 is 0 Å². The topological polar surface area (TPSA) is 57.5 Å². The van der Waals surface area contributed by atoms with Crippen LogP contribution in [0.4, 0.5) is 0 Å². The fourth-order valence-electron chi connectivity index (χ4n) is 0. The number of hydrogen-bond donors (Lipinski definition) is 2. The molecule has 0 aliphatic rings. The van der Waals surface area contributed by atoms with Gasteiger partial charge in [0.2, 0.25) is 0 Å².